The number of carbonyl (C=O) groups is 1. The Kier molecular flexibility index (Phi) is 7.73. The topological polar surface area (TPSA) is 78.3 Å². The average Bonchev–Trinajstić information content (AvgIpc) is 3.15. The van der Waals surface area contributed by atoms with Crippen LogP contribution in [0.4, 0.5) is 5.69 Å². The second kappa shape index (κ2) is 10.7. The number of thioether (sulfide) groups is 1. The number of rotatable bonds is 10. The lowest BCUT2D eigenvalue weighted by Crippen LogP contribution is -2.15. The first kappa shape index (κ1) is 21.7. The highest BCUT2D eigenvalue weighted by atomic mass is 32.2. The van der Waals surface area contributed by atoms with Gasteiger partial charge in [0, 0.05) is 13.0 Å². The quantitative estimate of drug-likeness (QED) is 0.493. The summed E-state index contributed by atoms with van der Waals surface area (Å²) < 4.78 is 12.8. The van der Waals surface area contributed by atoms with E-state index in [0.717, 1.165) is 28.8 Å². The molecule has 0 saturated heterocycles. The van der Waals surface area contributed by atoms with Crippen molar-refractivity contribution in [1.29, 1.82) is 0 Å². The van der Waals surface area contributed by atoms with Gasteiger partial charge in [0.2, 0.25) is 5.91 Å². The van der Waals surface area contributed by atoms with E-state index in [2.05, 4.69) is 15.5 Å². The summed E-state index contributed by atoms with van der Waals surface area (Å²) in [6.45, 7) is 5.23. The van der Waals surface area contributed by atoms with Crippen molar-refractivity contribution in [2.75, 3.05) is 24.8 Å². The molecule has 0 fully saturated rings. The molecule has 1 N–H and O–H groups in total. The van der Waals surface area contributed by atoms with Gasteiger partial charge in [0.1, 0.15) is 17.3 Å². The van der Waals surface area contributed by atoms with E-state index >= 15 is 0 Å². The minimum atomic E-state index is -0.116. The highest BCUT2D eigenvalue weighted by Crippen LogP contribution is 2.25. The molecule has 0 bridgehead atoms. The second-order valence-electron chi connectivity index (χ2n) is 6.43. The summed E-state index contributed by atoms with van der Waals surface area (Å²) in [5.41, 5.74) is 1.79. The van der Waals surface area contributed by atoms with Gasteiger partial charge in [-0.25, -0.2) is 0 Å². The molecule has 1 aromatic heterocycles. The van der Waals surface area contributed by atoms with Crippen molar-refractivity contribution in [3.05, 3.63) is 59.9 Å². The zero-order valence-corrected chi connectivity index (χ0v) is 18.2. The SMILES string of the molecule is CCOc1ccccc1NC(=O)CSc1nnc(Cc2ccc(OC)cc2)n1CC. The highest BCUT2D eigenvalue weighted by molar-refractivity contribution is 7.99. The zero-order valence-electron chi connectivity index (χ0n) is 17.4. The molecule has 0 unspecified atom stereocenters. The van der Waals surface area contributed by atoms with Gasteiger partial charge < -0.3 is 19.4 Å². The van der Waals surface area contributed by atoms with Crippen LogP contribution in [0.15, 0.2) is 53.7 Å². The summed E-state index contributed by atoms with van der Waals surface area (Å²) in [5, 5.41) is 12.3. The van der Waals surface area contributed by atoms with Crippen molar-refractivity contribution in [2.24, 2.45) is 0 Å². The molecule has 1 heterocycles. The van der Waals surface area contributed by atoms with Gasteiger partial charge in [-0.05, 0) is 43.7 Å². The molecule has 8 heteroatoms. The van der Waals surface area contributed by atoms with Crippen LogP contribution in [0, 0.1) is 0 Å². The summed E-state index contributed by atoms with van der Waals surface area (Å²) in [6.07, 6.45) is 0.666. The fourth-order valence-electron chi connectivity index (χ4n) is 2.97. The maximum Gasteiger partial charge on any atom is 0.234 e. The largest absolute Gasteiger partial charge is 0.497 e. The zero-order chi connectivity index (χ0) is 21.3. The van der Waals surface area contributed by atoms with Gasteiger partial charge in [-0.15, -0.1) is 10.2 Å². The molecule has 3 rings (SSSR count). The monoisotopic (exact) mass is 426 g/mol. The predicted octanol–water partition coefficient (Wildman–Crippen LogP) is 4.03. The van der Waals surface area contributed by atoms with Crippen LogP contribution in [0.5, 0.6) is 11.5 Å². The van der Waals surface area contributed by atoms with Gasteiger partial charge in [0.25, 0.3) is 0 Å². The molecule has 0 aliphatic heterocycles. The van der Waals surface area contributed by atoms with Crippen molar-refractivity contribution < 1.29 is 14.3 Å². The number of para-hydroxylation sites is 2. The second-order valence-corrected chi connectivity index (χ2v) is 7.38. The normalized spacial score (nSPS) is 10.6. The van der Waals surface area contributed by atoms with Gasteiger partial charge >= 0.3 is 0 Å². The highest BCUT2D eigenvalue weighted by Gasteiger charge is 2.14. The molecule has 0 saturated carbocycles. The predicted molar refractivity (Wildman–Crippen MR) is 118 cm³/mol. The first-order valence-corrected chi connectivity index (χ1v) is 10.8. The van der Waals surface area contributed by atoms with E-state index in [1.807, 2.05) is 66.9 Å². The number of hydrogen-bond donors (Lipinski definition) is 1. The van der Waals surface area contributed by atoms with E-state index in [9.17, 15) is 4.79 Å². The third-order valence-electron chi connectivity index (χ3n) is 4.42. The summed E-state index contributed by atoms with van der Waals surface area (Å²) >= 11 is 1.37. The Balaban J connectivity index is 1.62. The molecule has 7 nitrogen and oxygen atoms in total. The summed E-state index contributed by atoms with van der Waals surface area (Å²) in [5.74, 6) is 2.48. The van der Waals surface area contributed by atoms with E-state index in [4.69, 9.17) is 9.47 Å². The van der Waals surface area contributed by atoms with Gasteiger partial charge in [0.15, 0.2) is 5.16 Å². The Morgan fingerprint density at radius 3 is 2.57 bits per heavy atom. The fraction of sp³-hybridized carbons (Fsp3) is 0.318. The Labute approximate surface area is 180 Å². The number of nitrogens with zero attached hydrogens (tertiary/aromatic N) is 3. The number of methoxy groups -OCH3 is 1. The number of ether oxygens (including phenoxy) is 2. The van der Waals surface area contributed by atoms with E-state index in [1.54, 1.807) is 7.11 Å². The van der Waals surface area contributed by atoms with Crippen molar-refractivity contribution in [3.8, 4) is 11.5 Å². The number of amides is 1. The minimum Gasteiger partial charge on any atom is -0.497 e. The molecule has 3 aromatic rings. The Hall–Kier alpha value is -3.00. The third kappa shape index (κ3) is 5.54. The van der Waals surface area contributed by atoms with E-state index < -0.39 is 0 Å². The van der Waals surface area contributed by atoms with Crippen molar-refractivity contribution in [3.63, 3.8) is 0 Å². The number of benzene rings is 2. The molecular formula is C22H26N4O3S. The number of aromatic nitrogens is 3. The molecule has 0 aliphatic rings. The summed E-state index contributed by atoms with van der Waals surface area (Å²) in [6, 6.07) is 15.3. The van der Waals surface area contributed by atoms with E-state index in [0.29, 0.717) is 24.5 Å². The average molecular weight is 427 g/mol. The molecule has 1 amide bonds. The van der Waals surface area contributed by atoms with Crippen LogP contribution < -0.4 is 14.8 Å². The lowest BCUT2D eigenvalue weighted by Gasteiger charge is -2.11. The lowest BCUT2D eigenvalue weighted by molar-refractivity contribution is -0.113. The van der Waals surface area contributed by atoms with Crippen LogP contribution in [-0.4, -0.2) is 40.1 Å². The first-order chi connectivity index (χ1) is 14.6. The Bertz CT molecular complexity index is 973. The number of nitrogens with one attached hydrogen (secondary N) is 1. The molecule has 30 heavy (non-hydrogen) atoms. The molecule has 158 valence electrons. The molecular weight excluding hydrogens is 400 g/mol. The van der Waals surface area contributed by atoms with E-state index in [-0.39, 0.29) is 11.7 Å². The van der Waals surface area contributed by atoms with Gasteiger partial charge in [-0.3, -0.25) is 4.79 Å². The van der Waals surface area contributed by atoms with Crippen LogP contribution in [0.1, 0.15) is 25.2 Å². The van der Waals surface area contributed by atoms with Gasteiger partial charge in [0.05, 0.1) is 25.2 Å². The Morgan fingerprint density at radius 2 is 1.87 bits per heavy atom. The lowest BCUT2D eigenvalue weighted by atomic mass is 10.1. The maximum absolute atomic E-state index is 12.4. The van der Waals surface area contributed by atoms with Gasteiger partial charge in [-0.1, -0.05) is 36.0 Å². The molecule has 0 aliphatic carbocycles. The molecule has 0 spiro atoms. The van der Waals surface area contributed by atoms with Crippen molar-refractivity contribution in [1.82, 2.24) is 14.8 Å². The first-order valence-electron chi connectivity index (χ1n) is 9.84. The van der Waals surface area contributed by atoms with Crippen molar-refractivity contribution in [2.45, 2.75) is 32.0 Å². The van der Waals surface area contributed by atoms with Crippen molar-refractivity contribution >= 4 is 23.4 Å². The van der Waals surface area contributed by atoms with Crippen LogP contribution in [0.3, 0.4) is 0 Å². The van der Waals surface area contributed by atoms with Crippen LogP contribution in [0.2, 0.25) is 0 Å². The number of anilines is 1. The minimum absolute atomic E-state index is 0.116. The number of hydrogen-bond acceptors (Lipinski definition) is 6. The third-order valence-corrected chi connectivity index (χ3v) is 5.39. The maximum atomic E-state index is 12.4. The molecule has 0 atom stereocenters. The standard InChI is InChI=1S/C22H26N4O3S/c1-4-26-20(14-16-10-12-17(28-3)13-11-16)24-25-22(26)30-15-21(27)23-18-8-6-7-9-19(18)29-5-2/h6-13H,4-5,14-15H2,1-3H3,(H,23,27). The smallest absolute Gasteiger partial charge is 0.234 e. The number of carbonyl (C=O) groups excluding carboxylic acids is 1. The summed E-state index contributed by atoms with van der Waals surface area (Å²) in [4.78, 5) is 12.4. The van der Waals surface area contributed by atoms with Crippen LogP contribution in [0.25, 0.3) is 0 Å². The van der Waals surface area contributed by atoms with E-state index in [1.165, 1.54) is 11.8 Å². The Morgan fingerprint density at radius 1 is 1.10 bits per heavy atom. The van der Waals surface area contributed by atoms with Crippen LogP contribution in [-0.2, 0) is 17.8 Å². The fourth-order valence-corrected chi connectivity index (χ4v) is 3.79. The van der Waals surface area contributed by atoms with Crippen LogP contribution >= 0.6 is 11.8 Å². The summed E-state index contributed by atoms with van der Waals surface area (Å²) in [7, 11) is 1.65. The molecule has 2 aromatic carbocycles. The van der Waals surface area contributed by atoms with Gasteiger partial charge in [-0.2, -0.15) is 0 Å². The molecule has 0 radical (unpaired) electrons.